The third kappa shape index (κ3) is 54.5. The van der Waals surface area contributed by atoms with E-state index in [-0.39, 0.29) is 19.1 Å². The molecule has 3 unspecified atom stereocenters. The summed E-state index contributed by atoms with van der Waals surface area (Å²) < 4.78 is 23.7. The predicted octanol–water partition coefficient (Wildman–Crippen LogP) is 18.5. The van der Waals surface area contributed by atoms with Crippen molar-refractivity contribution >= 4 is 13.7 Å². The Morgan fingerprint density at radius 3 is 1.20 bits per heavy atom. The van der Waals surface area contributed by atoms with E-state index in [9.17, 15) is 19.4 Å². The average molecular weight is 1010 g/mol. The first kappa shape index (κ1) is 68.7. The number of carbonyl (C=O) groups excluding carboxylic acids is 1. The smallest absolute Gasteiger partial charge is 0.387 e. The quantitative estimate of drug-likeness (QED) is 0.0243. The van der Waals surface area contributed by atoms with Crippen LogP contribution in [0, 0.1) is 0 Å². The van der Waals surface area contributed by atoms with Crippen LogP contribution in [0.4, 0.5) is 0 Å². The van der Waals surface area contributed by atoms with Gasteiger partial charge in [0.15, 0.2) is 0 Å². The molecule has 3 N–H and O–H groups in total. The maximum Gasteiger partial charge on any atom is 0.472 e. The van der Waals surface area contributed by atoms with Gasteiger partial charge in [-0.3, -0.25) is 13.8 Å². The van der Waals surface area contributed by atoms with E-state index in [0.29, 0.717) is 17.4 Å². The fourth-order valence-electron chi connectivity index (χ4n) is 9.08. The molecule has 0 spiro atoms. The lowest BCUT2D eigenvalue weighted by atomic mass is 10.0. The predicted molar refractivity (Wildman–Crippen MR) is 304 cm³/mol. The Balaban J connectivity index is 4.13. The Hall–Kier alpha value is -1.28. The molecular formula is C61H120N2O6P+. The van der Waals surface area contributed by atoms with E-state index in [1.807, 2.05) is 27.2 Å². The minimum absolute atomic E-state index is 0.0611. The summed E-state index contributed by atoms with van der Waals surface area (Å²) in [5, 5.41) is 14.0. The van der Waals surface area contributed by atoms with Gasteiger partial charge in [-0.05, 0) is 51.4 Å². The van der Waals surface area contributed by atoms with Crippen molar-refractivity contribution in [2.45, 2.75) is 309 Å². The van der Waals surface area contributed by atoms with Gasteiger partial charge in [-0.25, -0.2) is 4.57 Å². The maximum atomic E-state index is 13.0. The van der Waals surface area contributed by atoms with E-state index < -0.39 is 20.0 Å². The van der Waals surface area contributed by atoms with E-state index in [1.54, 1.807) is 6.08 Å². The summed E-state index contributed by atoms with van der Waals surface area (Å²) in [6, 6.07) is -0.849. The molecule has 0 saturated carbocycles. The highest BCUT2D eigenvalue weighted by Crippen LogP contribution is 2.43. The standard InChI is InChI=1S/C61H119N2O6P/c1-6-8-10-12-14-16-18-20-22-24-26-27-28-29-30-31-32-33-34-35-37-38-40-42-44-46-48-50-52-54-60(64)59(58-69-70(66,67)68-57-56-63(3,4)5)62-61(65)55-53-51-49-47-45-43-41-39-36-25-23-21-19-17-15-13-11-9-7-2/h15,17,21,23,52,54,59-60,64H,6-14,16,18-20,22,24-51,53,55-58H2,1-5H3,(H-,62,65,66,67)/p+1/b17-15-,23-21-,54-52+. The number of nitrogens with zero attached hydrogens (tertiary/aromatic N) is 1. The van der Waals surface area contributed by atoms with Crippen LogP contribution in [0.25, 0.3) is 0 Å². The second-order valence-corrected chi connectivity index (χ2v) is 23.5. The fourth-order valence-corrected chi connectivity index (χ4v) is 9.81. The Bertz CT molecular complexity index is 1230. The highest BCUT2D eigenvalue weighted by Gasteiger charge is 2.27. The number of hydrogen-bond acceptors (Lipinski definition) is 5. The Morgan fingerprint density at radius 1 is 0.486 bits per heavy atom. The molecule has 0 aromatic rings. The first-order valence-electron chi connectivity index (χ1n) is 30.4. The molecule has 0 saturated heterocycles. The van der Waals surface area contributed by atoms with Crippen LogP contribution in [-0.2, 0) is 18.4 Å². The summed E-state index contributed by atoms with van der Waals surface area (Å²) in [6.45, 7) is 4.82. The Morgan fingerprint density at radius 2 is 0.814 bits per heavy atom. The van der Waals surface area contributed by atoms with Crippen molar-refractivity contribution in [1.29, 1.82) is 0 Å². The number of aliphatic hydroxyl groups is 1. The van der Waals surface area contributed by atoms with Crippen molar-refractivity contribution in [3.8, 4) is 0 Å². The number of allylic oxidation sites excluding steroid dienone is 5. The van der Waals surface area contributed by atoms with Gasteiger partial charge in [-0.2, -0.15) is 0 Å². The number of hydrogen-bond donors (Lipinski definition) is 3. The number of carbonyl (C=O) groups is 1. The van der Waals surface area contributed by atoms with Gasteiger partial charge in [-0.15, -0.1) is 0 Å². The second-order valence-electron chi connectivity index (χ2n) is 22.1. The number of likely N-dealkylation sites (N-methyl/N-ethyl adjacent to an activating group) is 1. The van der Waals surface area contributed by atoms with Crippen LogP contribution in [0.2, 0.25) is 0 Å². The summed E-state index contributed by atoms with van der Waals surface area (Å²) in [6.07, 6.45) is 68.3. The normalized spacial score (nSPS) is 14.1. The van der Waals surface area contributed by atoms with Crippen molar-refractivity contribution < 1.29 is 32.9 Å². The van der Waals surface area contributed by atoms with E-state index in [0.717, 1.165) is 44.9 Å². The summed E-state index contributed by atoms with van der Waals surface area (Å²) in [4.78, 5) is 23.3. The molecule has 0 aliphatic rings. The van der Waals surface area contributed by atoms with Gasteiger partial charge in [0.2, 0.25) is 5.91 Å². The molecule has 0 fully saturated rings. The number of amides is 1. The summed E-state index contributed by atoms with van der Waals surface area (Å²) in [5.41, 5.74) is 0. The highest BCUT2D eigenvalue weighted by atomic mass is 31.2. The molecule has 0 heterocycles. The number of phosphoric ester groups is 1. The van der Waals surface area contributed by atoms with Crippen LogP contribution in [0.3, 0.4) is 0 Å². The van der Waals surface area contributed by atoms with Crippen molar-refractivity contribution in [3.05, 3.63) is 36.5 Å². The minimum atomic E-state index is -4.35. The molecule has 0 radical (unpaired) electrons. The lowest BCUT2D eigenvalue weighted by Crippen LogP contribution is -2.45. The lowest BCUT2D eigenvalue weighted by molar-refractivity contribution is -0.870. The van der Waals surface area contributed by atoms with Crippen LogP contribution < -0.4 is 5.32 Å². The van der Waals surface area contributed by atoms with Gasteiger partial charge < -0.3 is 19.8 Å². The molecule has 0 aromatic carbocycles. The molecule has 3 atom stereocenters. The van der Waals surface area contributed by atoms with Crippen LogP contribution in [-0.4, -0.2) is 73.4 Å². The van der Waals surface area contributed by atoms with Crippen molar-refractivity contribution in [1.82, 2.24) is 5.32 Å². The molecular weight excluding hydrogens is 888 g/mol. The monoisotopic (exact) mass is 1010 g/mol. The van der Waals surface area contributed by atoms with Gasteiger partial charge in [0.1, 0.15) is 13.2 Å². The van der Waals surface area contributed by atoms with E-state index in [2.05, 4.69) is 43.5 Å². The highest BCUT2D eigenvalue weighted by molar-refractivity contribution is 7.47. The van der Waals surface area contributed by atoms with Crippen LogP contribution in [0.5, 0.6) is 0 Å². The number of rotatable bonds is 56. The van der Waals surface area contributed by atoms with Crippen LogP contribution in [0.1, 0.15) is 296 Å². The molecule has 9 heteroatoms. The topological polar surface area (TPSA) is 105 Å². The van der Waals surface area contributed by atoms with E-state index in [1.165, 1.54) is 231 Å². The molecule has 8 nitrogen and oxygen atoms in total. The molecule has 414 valence electrons. The van der Waals surface area contributed by atoms with Gasteiger partial charge >= 0.3 is 7.82 Å². The van der Waals surface area contributed by atoms with Crippen molar-refractivity contribution in [3.63, 3.8) is 0 Å². The third-order valence-electron chi connectivity index (χ3n) is 13.9. The average Bonchev–Trinajstić information content (AvgIpc) is 3.32. The third-order valence-corrected chi connectivity index (χ3v) is 14.8. The number of aliphatic hydroxyl groups excluding tert-OH is 1. The summed E-state index contributed by atoms with van der Waals surface area (Å²) >= 11 is 0. The van der Waals surface area contributed by atoms with Crippen molar-refractivity contribution in [2.24, 2.45) is 0 Å². The largest absolute Gasteiger partial charge is 0.472 e. The first-order valence-corrected chi connectivity index (χ1v) is 31.9. The molecule has 0 aliphatic carbocycles. The Kier molecular flexibility index (Phi) is 51.6. The zero-order chi connectivity index (χ0) is 51.3. The van der Waals surface area contributed by atoms with Gasteiger partial charge in [-0.1, -0.05) is 275 Å². The lowest BCUT2D eigenvalue weighted by Gasteiger charge is -2.25. The molecule has 0 rings (SSSR count). The van der Waals surface area contributed by atoms with Crippen LogP contribution >= 0.6 is 7.82 Å². The van der Waals surface area contributed by atoms with Crippen molar-refractivity contribution in [2.75, 3.05) is 40.9 Å². The second kappa shape index (κ2) is 52.6. The molecule has 0 bridgehead atoms. The fraction of sp³-hybridized carbons (Fsp3) is 0.885. The SMILES string of the molecule is CCCCC/C=C\C/C=C\CCCCCCCCCCCC(=O)NC(COP(=O)(O)OCC[N+](C)(C)C)C(O)/C=C/CCCCCCCCCCCCCCCCCCCCCCCCCCCCC. The molecule has 0 aliphatic heterocycles. The zero-order valence-corrected chi connectivity index (χ0v) is 48.2. The summed E-state index contributed by atoms with van der Waals surface area (Å²) in [5.74, 6) is -0.178. The number of nitrogens with one attached hydrogen (secondary N) is 1. The van der Waals surface area contributed by atoms with Crippen LogP contribution in [0.15, 0.2) is 36.5 Å². The van der Waals surface area contributed by atoms with E-state index >= 15 is 0 Å². The summed E-state index contributed by atoms with van der Waals surface area (Å²) in [7, 11) is 1.58. The maximum absolute atomic E-state index is 13.0. The van der Waals surface area contributed by atoms with Gasteiger partial charge in [0, 0.05) is 6.42 Å². The van der Waals surface area contributed by atoms with E-state index in [4.69, 9.17) is 9.05 Å². The minimum Gasteiger partial charge on any atom is -0.387 e. The number of quaternary nitrogens is 1. The number of unbranched alkanes of at least 4 members (excludes halogenated alkanes) is 39. The van der Waals surface area contributed by atoms with Gasteiger partial charge in [0.25, 0.3) is 0 Å². The molecule has 0 aromatic heterocycles. The molecule has 70 heavy (non-hydrogen) atoms. The zero-order valence-electron chi connectivity index (χ0n) is 47.3. The Labute approximate surface area is 436 Å². The number of phosphoric acid groups is 1. The molecule has 1 amide bonds. The van der Waals surface area contributed by atoms with Gasteiger partial charge in [0.05, 0.1) is 39.9 Å². The first-order chi connectivity index (χ1) is 34.0.